The Balaban J connectivity index is 1.80. The number of halogens is 1. The summed E-state index contributed by atoms with van der Waals surface area (Å²) in [6.45, 7) is 4.34. The van der Waals surface area contributed by atoms with E-state index in [2.05, 4.69) is 34.2 Å². The first-order valence-corrected chi connectivity index (χ1v) is 13.3. The lowest BCUT2D eigenvalue weighted by Gasteiger charge is -2.17. The Morgan fingerprint density at radius 1 is 1.20 bits per heavy atom. The molecule has 0 bridgehead atoms. The number of rotatable bonds is 11. The first-order valence-electron chi connectivity index (χ1n) is 12.9. The Labute approximate surface area is 237 Å². The van der Waals surface area contributed by atoms with E-state index < -0.39 is 23.6 Å². The molecule has 0 saturated carbocycles. The molecule has 40 heavy (non-hydrogen) atoms. The van der Waals surface area contributed by atoms with Crippen molar-refractivity contribution < 1.29 is 19.1 Å². The number of aromatic amines is 1. The summed E-state index contributed by atoms with van der Waals surface area (Å²) in [5, 5.41) is 5.22. The summed E-state index contributed by atoms with van der Waals surface area (Å²) in [6, 6.07) is 7.82. The number of para-hydroxylation sites is 1. The molecule has 3 aromatic rings. The number of methoxy groups -OCH3 is 1. The minimum atomic E-state index is -1.02. The molecule has 0 aliphatic rings. The molecule has 0 aliphatic carbocycles. The lowest BCUT2D eigenvalue weighted by Crippen LogP contribution is -2.44. The zero-order chi connectivity index (χ0) is 29.4. The average Bonchev–Trinajstić information content (AvgIpc) is 3.33. The number of fused-ring (bicyclic) bond motifs is 1. The number of aromatic nitrogens is 3. The van der Waals surface area contributed by atoms with E-state index in [1.165, 1.54) is 34.8 Å². The van der Waals surface area contributed by atoms with Crippen LogP contribution in [-0.2, 0) is 27.3 Å². The van der Waals surface area contributed by atoms with Gasteiger partial charge in [-0.25, -0.2) is 9.78 Å². The van der Waals surface area contributed by atoms with Gasteiger partial charge in [-0.3, -0.25) is 19.0 Å². The SMILES string of the molecule is COC(=O)N[C@@H](CC/C=C/C(=O)N(C)C)C(=O)Nc1ccc(Cl)n(Cc2nc3c(CC(C)C)cccc3[nH]2)c1=O. The molecule has 0 aliphatic heterocycles. The molecule has 1 aromatic carbocycles. The third-order valence-corrected chi connectivity index (χ3v) is 6.41. The van der Waals surface area contributed by atoms with Gasteiger partial charge in [-0.05, 0) is 55.0 Å². The molecule has 0 fully saturated rings. The number of amides is 3. The number of nitrogens with zero attached hydrogens (tertiary/aromatic N) is 3. The maximum Gasteiger partial charge on any atom is 0.407 e. The third-order valence-electron chi connectivity index (χ3n) is 6.08. The first kappa shape index (κ1) is 30.4. The maximum atomic E-state index is 13.3. The van der Waals surface area contributed by atoms with Crippen LogP contribution in [-0.4, -0.2) is 64.6 Å². The van der Waals surface area contributed by atoms with E-state index in [0.717, 1.165) is 23.0 Å². The summed E-state index contributed by atoms with van der Waals surface area (Å²) < 4.78 is 5.93. The average molecular weight is 571 g/mol. The molecule has 11 nitrogen and oxygen atoms in total. The minimum absolute atomic E-state index is 0.0130. The van der Waals surface area contributed by atoms with Crippen molar-refractivity contribution in [1.82, 2.24) is 24.8 Å². The predicted molar refractivity (Wildman–Crippen MR) is 154 cm³/mol. The van der Waals surface area contributed by atoms with Crippen LogP contribution in [0.4, 0.5) is 10.5 Å². The summed E-state index contributed by atoms with van der Waals surface area (Å²) in [5.41, 5.74) is 2.27. The minimum Gasteiger partial charge on any atom is -0.453 e. The number of nitrogens with one attached hydrogen (secondary N) is 3. The fraction of sp³-hybridized carbons (Fsp3) is 0.393. The number of carbonyl (C=O) groups excluding carboxylic acids is 3. The smallest absolute Gasteiger partial charge is 0.407 e. The Morgan fingerprint density at radius 2 is 1.95 bits per heavy atom. The quantitative estimate of drug-likeness (QED) is 0.237. The van der Waals surface area contributed by atoms with E-state index in [0.29, 0.717) is 18.2 Å². The molecule has 3 rings (SSSR count). The highest BCUT2D eigenvalue weighted by atomic mass is 35.5. The molecule has 0 spiro atoms. The second-order valence-corrected chi connectivity index (χ2v) is 10.3. The molecule has 12 heteroatoms. The van der Waals surface area contributed by atoms with Crippen LogP contribution in [0.15, 0.2) is 47.3 Å². The van der Waals surface area contributed by atoms with E-state index in [-0.39, 0.29) is 29.7 Å². The van der Waals surface area contributed by atoms with E-state index in [9.17, 15) is 19.2 Å². The summed E-state index contributed by atoms with van der Waals surface area (Å²) in [7, 11) is 4.43. The van der Waals surface area contributed by atoms with Crippen molar-refractivity contribution in [3.05, 3.63) is 69.4 Å². The van der Waals surface area contributed by atoms with Gasteiger partial charge in [-0.15, -0.1) is 0 Å². The lowest BCUT2D eigenvalue weighted by molar-refractivity contribution is -0.123. The highest BCUT2D eigenvalue weighted by Crippen LogP contribution is 2.21. The van der Waals surface area contributed by atoms with Crippen molar-refractivity contribution in [2.75, 3.05) is 26.5 Å². The van der Waals surface area contributed by atoms with Crippen molar-refractivity contribution in [2.24, 2.45) is 5.92 Å². The number of benzene rings is 1. The van der Waals surface area contributed by atoms with Crippen LogP contribution in [0.25, 0.3) is 11.0 Å². The summed E-state index contributed by atoms with van der Waals surface area (Å²) >= 11 is 6.37. The lowest BCUT2D eigenvalue weighted by atomic mass is 10.0. The molecule has 3 amide bonds. The first-order chi connectivity index (χ1) is 19.0. The third kappa shape index (κ3) is 7.95. The van der Waals surface area contributed by atoms with Gasteiger partial charge in [0.15, 0.2) is 0 Å². The molecular weight excluding hydrogens is 536 g/mol. The molecule has 0 unspecified atom stereocenters. The number of pyridine rings is 1. The number of likely N-dealkylation sites (N-methyl/N-ethyl adjacent to an activating group) is 1. The fourth-order valence-electron chi connectivity index (χ4n) is 4.06. The van der Waals surface area contributed by atoms with E-state index >= 15 is 0 Å². The van der Waals surface area contributed by atoms with Crippen molar-refractivity contribution in [2.45, 2.75) is 45.7 Å². The van der Waals surface area contributed by atoms with Gasteiger partial charge in [0.05, 0.1) is 24.7 Å². The zero-order valence-corrected chi connectivity index (χ0v) is 24.0. The van der Waals surface area contributed by atoms with Gasteiger partial charge in [0.25, 0.3) is 5.56 Å². The van der Waals surface area contributed by atoms with Gasteiger partial charge in [0.1, 0.15) is 22.7 Å². The normalized spacial score (nSPS) is 12.1. The van der Waals surface area contributed by atoms with Gasteiger partial charge in [-0.2, -0.15) is 0 Å². The second-order valence-electron chi connectivity index (χ2n) is 9.95. The molecule has 0 radical (unpaired) electrons. The molecular formula is C28H35ClN6O5. The number of H-pyrrole nitrogens is 1. The number of alkyl carbamates (subject to hydrolysis) is 1. The number of hydrogen-bond donors (Lipinski definition) is 3. The van der Waals surface area contributed by atoms with Crippen LogP contribution in [0.1, 0.15) is 38.1 Å². The van der Waals surface area contributed by atoms with E-state index in [1.54, 1.807) is 20.2 Å². The molecule has 0 saturated heterocycles. The van der Waals surface area contributed by atoms with E-state index in [4.69, 9.17) is 16.6 Å². The Bertz CT molecular complexity index is 1460. The van der Waals surface area contributed by atoms with Gasteiger partial charge in [0, 0.05) is 14.1 Å². The van der Waals surface area contributed by atoms with E-state index in [1.807, 2.05) is 18.2 Å². The standard InChI is InChI=1S/C28H35ClN6O5/c1-17(2)15-18-9-8-11-19-25(18)33-23(30-19)16-35-22(29)14-13-21(27(35)38)31-26(37)20(32-28(39)40-5)10-6-7-12-24(36)34(3)4/h7-9,11-14,17,20H,6,10,15-16H2,1-5H3,(H,30,33)(H,31,37)(H,32,39)/b12-7+/t20-/m0/s1. The van der Waals surface area contributed by atoms with Crippen molar-refractivity contribution in [3.8, 4) is 0 Å². The Hall–Kier alpha value is -4.12. The molecule has 1 atom stereocenters. The zero-order valence-electron chi connectivity index (χ0n) is 23.3. The maximum absolute atomic E-state index is 13.3. The Kier molecular flexibility index (Phi) is 10.5. The number of hydrogen-bond acceptors (Lipinski definition) is 6. The molecule has 2 heterocycles. The number of anilines is 1. The van der Waals surface area contributed by atoms with Gasteiger partial charge < -0.3 is 25.3 Å². The predicted octanol–water partition coefficient (Wildman–Crippen LogP) is 3.71. The van der Waals surface area contributed by atoms with Crippen molar-refractivity contribution in [1.29, 1.82) is 0 Å². The molecule has 2 aromatic heterocycles. The van der Waals surface area contributed by atoms with Gasteiger partial charge >= 0.3 is 6.09 Å². The van der Waals surface area contributed by atoms with Crippen molar-refractivity contribution in [3.63, 3.8) is 0 Å². The van der Waals surface area contributed by atoms with Crippen LogP contribution in [0, 0.1) is 5.92 Å². The van der Waals surface area contributed by atoms with Crippen LogP contribution in [0.5, 0.6) is 0 Å². The number of carbonyl (C=O) groups is 3. The van der Waals surface area contributed by atoms with Crippen LogP contribution in [0.2, 0.25) is 5.15 Å². The number of ether oxygens (including phenoxy) is 1. The number of imidazole rings is 1. The summed E-state index contributed by atoms with van der Waals surface area (Å²) in [5.74, 6) is 0.176. The monoisotopic (exact) mass is 570 g/mol. The highest BCUT2D eigenvalue weighted by molar-refractivity contribution is 6.29. The summed E-state index contributed by atoms with van der Waals surface area (Å²) in [4.78, 5) is 59.3. The van der Waals surface area contributed by atoms with Gasteiger partial charge in [0.2, 0.25) is 11.8 Å². The second kappa shape index (κ2) is 13.8. The van der Waals surface area contributed by atoms with Crippen LogP contribution < -0.4 is 16.2 Å². The highest BCUT2D eigenvalue weighted by Gasteiger charge is 2.22. The molecule has 3 N–H and O–H groups in total. The fourth-order valence-corrected chi connectivity index (χ4v) is 4.26. The van der Waals surface area contributed by atoms with Crippen molar-refractivity contribution >= 4 is 46.2 Å². The topological polar surface area (TPSA) is 138 Å². The number of allylic oxidation sites excluding steroid dienone is 1. The largest absolute Gasteiger partial charge is 0.453 e. The van der Waals surface area contributed by atoms with Gasteiger partial charge in [-0.1, -0.05) is 43.7 Å². The van der Waals surface area contributed by atoms with Crippen LogP contribution >= 0.6 is 11.6 Å². The van der Waals surface area contributed by atoms with Crippen LogP contribution in [0.3, 0.4) is 0 Å². The molecule has 214 valence electrons. The summed E-state index contributed by atoms with van der Waals surface area (Å²) in [6.07, 6.45) is 3.54. The Morgan fingerprint density at radius 3 is 2.62 bits per heavy atom.